The number of imide groups is 1. The van der Waals surface area contributed by atoms with Crippen molar-refractivity contribution in [2.45, 2.75) is 25.2 Å². The van der Waals surface area contributed by atoms with Gasteiger partial charge in [-0.3, -0.25) is 9.59 Å². The molecule has 0 atom stereocenters. The molecule has 4 nitrogen and oxygen atoms in total. The fraction of sp³-hybridized carbons (Fsp3) is 0.120. The van der Waals surface area contributed by atoms with Gasteiger partial charge in [-0.15, -0.1) is 0 Å². The predicted octanol–water partition coefficient (Wildman–Crippen LogP) is 6.20. The summed E-state index contributed by atoms with van der Waals surface area (Å²) in [6.07, 6.45) is 0.887. The van der Waals surface area contributed by atoms with Gasteiger partial charge in [0.2, 0.25) is 0 Å². The van der Waals surface area contributed by atoms with Crippen LogP contribution in [0.25, 0.3) is 0 Å². The van der Waals surface area contributed by atoms with E-state index in [-0.39, 0.29) is 17.5 Å². The number of hydrogen-bond donors (Lipinski definition) is 1. The van der Waals surface area contributed by atoms with Crippen LogP contribution in [0.2, 0.25) is 5.02 Å². The van der Waals surface area contributed by atoms with Crippen molar-refractivity contribution in [3.05, 3.63) is 99.5 Å². The molecule has 1 heterocycles. The number of rotatable bonds is 6. The van der Waals surface area contributed by atoms with E-state index < -0.39 is 0 Å². The van der Waals surface area contributed by atoms with E-state index in [1.54, 1.807) is 24.3 Å². The number of amides is 2. The molecule has 0 saturated carbocycles. The average molecular weight is 449 g/mol. The summed E-state index contributed by atoms with van der Waals surface area (Å²) in [6, 6.07) is 22.4. The van der Waals surface area contributed by atoms with Crippen molar-refractivity contribution in [3.8, 4) is 0 Å². The maximum atomic E-state index is 13.4. The molecule has 31 heavy (non-hydrogen) atoms. The third-order valence-electron chi connectivity index (χ3n) is 5.00. The summed E-state index contributed by atoms with van der Waals surface area (Å²) >= 11 is 7.27. The number of thioether (sulfide) groups is 1. The Morgan fingerprint density at radius 1 is 0.871 bits per heavy atom. The second kappa shape index (κ2) is 9.00. The Kier molecular flexibility index (Phi) is 6.16. The molecule has 0 unspecified atom stereocenters. The van der Waals surface area contributed by atoms with Gasteiger partial charge in [0.25, 0.3) is 11.8 Å². The maximum absolute atomic E-state index is 13.4. The number of carbonyl (C=O) groups is 2. The largest absolute Gasteiger partial charge is 0.350 e. The number of halogens is 1. The Morgan fingerprint density at radius 3 is 2.13 bits per heavy atom. The average Bonchev–Trinajstić information content (AvgIpc) is 3.01. The number of anilines is 2. The number of aryl methyl sites for hydroxylation is 2. The Balaban J connectivity index is 1.71. The molecule has 0 radical (unpaired) electrons. The smallest absolute Gasteiger partial charge is 0.283 e. The van der Waals surface area contributed by atoms with Crippen molar-refractivity contribution < 1.29 is 9.59 Å². The molecule has 1 N–H and O–H groups in total. The minimum atomic E-state index is -0.376. The first-order valence-electron chi connectivity index (χ1n) is 9.95. The molecule has 0 bridgehead atoms. The van der Waals surface area contributed by atoms with E-state index in [0.29, 0.717) is 21.3 Å². The topological polar surface area (TPSA) is 49.4 Å². The first-order chi connectivity index (χ1) is 15.0. The molecule has 1 aliphatic rings. The molecular formula is C25H21ClN2O2S. The molecular weight excluding hydrogens is 428 g/mol. The van der Waals surface area contributed by atoms with Gasteiger partial charge >= 0.3 is 0 Å². The fourth-order valence-corrected chi connectivity index (χ4v) is 4.28. The lowest BCUT2D eigenvalue weighted by molar-refractivity contribution is -0.120. The van der Waals surface area contributed by atoms with Crippen LogP contribution in [0.1, 0.15) is 18.1 Å². The highest BCUT2D eigenvalue weighted by Gasteiger charge is 2.40. The van der Waals surface area contributed by atoms with E-state index in [2.05, 4.69) is 12.2 Å². The van der Waals surface area contributed by atoms with Crippen molar-refractivity contribution in [2.75, 3.05) is 10.2 Å². The number of hydrogen-bond acceptors (Lipinski definition) is 4. The minimum Gasteiger partial charge on any atom is -0.350 e. The summed E-state index contributed by atoms with van der Waals surface area (Å²) in [5, 5.41) is 3.74. The van der Waals surface area contributed by atoms with Crippen molar-refractivity contribution >= 4 is 46.6 Å². The van der Waals surface area contributed by atoms with Crippen molar-refractivity contribution in [1.29, 1.82) is 0 Å². The zero-order chi connectivity index (χ0) is 22.0. The van der Waals surface area contributed by atoms with E-state index in [1.165, 1.54) is 16.7 Å². The molecule has 2 amide bonds. The minimum absolute atomic E-state index is 0.262. The number of nitrogens with zero attached hydrogens (tertiary/aromatic N) is 1. The predicted molar refractivity (Wildman–Crippen MR) is 127 cm³/mol. The summed E-state index contributed by atoms with van der Waals surface area (Å²) in [4.78, 5) is 29.2. The van der Waals surface area contributed by atoms with Gasteiger partial charge in [0.1, 0.15) is 10.6 Å². The zero-order valence-electron chi connectivity index (χ0n) is 17.2. The second-order valence-corrected chi connectivity index (χ2v) is 8.74. The lowest BCUT2D eigenvalue weighted by atomic mass is 10.1. The summed E-state index contributed by atoms with van der Waals surface area (Å²) in [5.41, 5.74) is 3.78. The van der Waals surface area contributed by atoms with Crippen LogP contribution in [0, 0.1) is 6.92 Å². The SMILES string of the molecule is CCc1ccc(N2C(=O)C(Nc3ccc(Cl)cc3)=C(Sc3ccc(C)cc3)C2=O)cc1. The molecule has 0 aliphatic carbocycles. The van der Waals surface area contributed by atoms with Crippen LogP contribution in [0.5, 0.6) is 0 Å². The molecule has 4 rings (SSSR count). The van der Waals surface area contributed by atoms with Crippen molar-refractivity contribution in [1.82, 2.24) is 0 Å². The van der Waals surface area contributed by atoms with Crippen LogP contribution in [0.4, 0.5) is 11.4 Å². The summed E-state index contributed by atoms with van der Waals surface area (Å²) < 4.78 is 0. The Hall–Kier alpha value is -3.02. The van der Waals surface area contributed by atoms with Crippen molar-refractivity contribution in [3.63, 3.8) is 0 Å². The van der Waals surface area contributed by atoms with E-state index in [1.807, 2.05) is 55.5 Å². The molecule has 3 aromatic rings. The highest BCUT2D eigenvalue weighted by molar-refractivity contribution is 8.04. The fourth-order valence-electron chi connectivity index (χ4n) is 3.23. The van der Waals surface area contributed by atoms with Gasteiger partial charge in [-0.05, 0) is 67.4 Å². The number of benzene rings is 3. The highest BCUT2D eigenvalue weighted by atomic mass is 35.5. The monoisotopic (exact) mass is 448 g/mol. The first kappa shape index (κ1) is 21.2. The first-order valence-corrected chi connectivity index (χ1v) is 11.1. The van der Waals surface area contributed by atoms with Crippen LogP contribution in [0.3, 0.4) is 0 Å². The van der Waals surface area contributed by atoms with Gasteiger partial charge in [-0.1, -0.05) is 60.1 Å². The summed E-state index contributed by atoms with van der Waals surface area (Å²) in [5.74, 6) is -0.713. The second-order valence-electron chi connectivity index (χ2n) is 7.22. The van der Waals surface area contributed by atoms with Gasteiger partial charge < -0.3 is 5.32 Å². The van der Waals surface area contributed by atoms with Crippen LogP contribution < -0.4 is 10.2 Å². The van der Waals surface area contributed by atoms with Gasteiger partial charge in [0, 0.05) is 15.6 Å². The van der Waals surface area contributed by atoms with Crippen LogP contribution in [-0.4, -0.2) is 11.8 Å². The Bertz CT molecular complexity index is 1080. The molecule has 3 aromatic carbocycles. The van der Waals surface area contributed by atoms with Crippen LogP contribution in [0.15, 0.2) is 88.3 Å². The molecule has 0 fully saturated rings. The Morgan fingerprint density at radius 2 is 1.52 bits per heavy atom. The molecule has 6 heteroatoms. The Labute approximate surface area is 190 Å². The molecule has 0 saturated heterocycles. The van der Waals surface area contributed by atoms with E-state index >= 15 is 0 Å². The lowest BCUT2D eigenvalue weighted by Gasteiger charge is -2.15. The maximum Gasteiger partial charge on any atom is 0.283 e. The van der Waals surface area contributed by atoms with E-state index in [9.17, 15) is 9.59 Å². The van der Waals surface area contributed by atoms with Gasteiger partial charge in [-0.25, -0.2) is 4.90 Å². The van der Waals surface area contributed by atoms with Crippen LogP contribution >= 0.6 is 23.4 Å². The summed E-state index contributed by atoms with van der Waals surface area (Å²) in [6.45, 7) is 4.07. The number of carbonyl (C=O) groups excluding carboxylic acids is 2. The van der Waals surface area contributed by atoms with Gasteiger partial charge in [-0.2, -0.15) is 0 Å². The third-order valence-corrected chi connectivity index (χ3v) is 6.34. The summed E-state index contributed by atoms with van der Waals surface area (Å²) in [7, 11) is 0. The molecule has 1 aliphatic heterocycles. The third kappa shape index (κ3) is 4.53. The highest BCUT2D eigenvalue weighted by Crippen LogP contribution is 2.38. The normalized spacial score (nSPS) is 13.8. The van der Waals surface area contributed by atoms with E-state index in [0.717, 1.165) is 22.4 Å². The van der Waals surface area contributed by atoms with Gasteiger partial charge in [0.05, 0.1) is 5.69 Å². The molecule has 156 valence electrons. The van der Waals surface area contributed by atoms with Crippen LogP contribution in [-0.2, 0) is 16.0 Å². The number of nitrogens with one attached hydrogen (secondary N) is 1. The zero-order valence-corrected chi connectivity index (χ0v) is 18.8. The van der Waals surface area contributed by atoms with Gasteiger partial charge in [0.15, 0.2) is 0 Å². The molecule has 0 spiro atoms. The van der Waals surface area contributed by atoms with Crippen molar-refractivity contribution in [2.24, 2.45) is 0 Å². The lowest BCUT2D eigenvalue weighted by Crippen LogP contribution is -2.32. The standard InChI is InChI=1S/C25H21ClN2O2S/c1-3-17-6-12-20(13-7-17)28-24(29)22(27-19-10-8-18(26)9-11-19)23(25(28)30)31-21-14-4-16(2)5-15-21/h4-15,27H,3H2,1-2H3. The quantitative estimate of drug-likeness (QED) is 0.456. The molecule has 0 aromatic heterocycles. The van der Waals surface area contributed by atoms with E-state index in [4.69, 9.17) is 11.6 Å².